The number of aliphatic carboxylic acids is 1. The summed E-state index contributed by atoms with van der Waals surface area (Å²) in [5, 5.41) is 10.3. The number of amides is 2. The van der Waals surface area contributed by atoms with Crippen molar-refractivity contribution in [1.82, 2.24) is 10.2 Å². The Bertz CT molecular complexity index is 351. The standard InChI is InChI=1S/C10H15F3N2O3S/c1-2-3-7-15(6(4-19-7)8(16)17)9(18)14-5-10(11,12)13/h6-7H,2-5H2,1H3,(H,14,18)(H,16,17). The maximum absolute atomic E-state index is 12.0. The van der Waals surface area contributed by atoms with Crippen LogP contribution in [0.2, 0.25) is 0 Å². The van der Waals surface area contributed by atoms with Crippen molar-refractivity contribution in [2.24, 2.45) is 0 Å². The average molecular weight is 300 g/mol. The van der Waals surface area contributed by atoms with Crippen LogP contribution in [-0.4, -0.2) is 51.9 Å². The van der Waals surface area contributed by atoms with Gasteiger partial charge >= 0.3 is 18.2 Å². The normalized spacial score (nSPS) is 23.5. The first-order valence-corrected chi connectivity index (χ1v) is 6.78. The smallest absolute Gasteiger partial charge is 0.405 e. The number of nitrogens with zero attached hydrogens (tertiary/aromatic N) is 1. The summed E-state index contributed by atoms with van der Waals surface area (Å²) in [4.78, 5) is 23.7. The molecule has 1 heterocycles. The molecule has 1 rings (SSSR count). The maximum atomic E-state index is 12.0. The van der Waals surface area contributed by atoms with Crippen LogP contribution >= 0.6 is 11.8 Å². The van der Waals surface area contributed by atoms with Gasteiger partial charge in [0.1, 0.15) is 12.6 Å². The number of hydrogen-bond donors (Lipinski definition) is 2. The molecule has 0 radical (unpaired) electrons. The average Bonchev–Trinajstić information content (AvgIpc) is 2.69. The molecule has 1 aliphatic rings. The molecule has 9 heteroatoms. The summed E-state index contributed by atoms with van der Waals surface area (Å²) in [7, 11) is 0. The minimum atomic E-state index is -4.51. The van der Waals surface area contributed by atoms with Crippen molar-refractivity contribution in [3.8, 4) is 0 Å². The van der Waals surface area contributed by atoms with Crippen molar-refractivity contribution in [2.45, 2.75) is 37.4 Å². The minimum Gasteiger partial charge on any atom is -0.480 e. The number of rotatable bonds is 4. The van der Waals surface area contributed by atoms with Crippen molar-refractivity contribution in [3.05, 3.63) is 0 Å². The Morgan fingerprint density at radius 1 is 1.47 bits per heavy atom. The molecule has 0 aromatic carbocycles. The Labute approximate surface area is 112 Å². The van der Waals surface area contributed by atoms with E-state index in [9.17, 15) is 22.8 Å². The highest BCUT2D eigenvalue weighted by Gasteiger charge is 2.42. The van der Waals surface area contributed by atoms with Crippen LogP contribution in [-0.2, 0) is 4.79 Å². The largest absolute Gasteiger partial charge is 0.480 e. The topological polar surface area (TPSA) is 69.6 Å². The predicted molar refractivity (Wildman–Crippen MR) is 63.9 cm³/mol. The van der Waals surface area contributed by atoms with E-state index >= 15 is 0 Å². The number of thioether (sulfide) groups is 1. The van der Waals surface area contributed by atoms with Gasteiger partial charge in [0.25, 0.3) is 0 Å². The summed E-state index contributed by atoms with van der Waals surface area (Å²) in [6.45, 7) is 0.401. The van der Waals surface area contributed by atoms with Crippen molar-refractivity contribution >= 4 is 23.8 Å². The lowest BCUT2D eigenvalue weighted by molar-refractivity contribution is -0.141. The van der Waals surface area contributed by atoms with Crippen LogP contribution in [0.4, 0.5) is 18.0 Å². The first-order chi connectivity index (χ1) is 8.76. The minimum absolute atomic E-state index is 0.194. The molecule has 0 aliphatic carbocycles. The van der Waals surface area contributed by atoms with Crippen LogP contribution in [0.25, 0.3) is 0 Å². The van der Waals surface area contributed by atoms with Crippen LogP contribution in [0.3, 0.4) is 0 Å². The van der Waals surface area contributed by atoms with Crippen LogP contribution in [0.1, 0.15) is 19.8 Å². The third-order valence-corrected chi connectivity index (χ3v) is 3.94. The number of carboxylic acid groups (broad SMARTS) is 1. The molecule has 0 spiro atoms. The Morgan fingerprint density at radius 2 is 2.11 bits per heavy atom. The predicted octanol–water partition coefficient (Wildman–Crippen LogP) is 1.89. The van der Waals surface area contributed by atoms with Crippen molar-refractivity contribution in [3.63, 3.8) is 0 Å². The number of halogens is 3. The molecule has 2 N–H and O–H groups in total. The number of carbonyl (C=O) groups excluding carboxylic acids is 1. The third kappa shape index (κ3) is 4.48. The lowest BCUT2D eigenvalue weighted by Gasteiger charge is -2.27. The highest BCUT2D eigenvalue weighted by molar-refractivity contribution is 8.00. The van der Waals surface area contributed by atoms with Gasteiger partial charge in [-0.2, -0.15) is 13.2 Å². The molecule has 2 atom stereocenters. The molecule has 2 amide bonds. The van der Waals surface area contributed by atoms with Gasteiger partial charge in [0.15, 0.2) is 0 Å². The Balaban J connectivity index is 2.72. The molecule has 1 fully saturated rings. The maximum Gasteiger partial charge on any atom is 0.405 e. The summed E-state index contributed by atoms with van der Waals surface area (Å²) in [5.74, 6) is -1.01. The van der Waals surface area contributed by atoms with E-state index < -0.39 is 30.8 Å². The van der Waals surface area contributed by atoms with Crippen LogP contribution in [0.15, 0.2) is 0 Å². The van der Waals surface area contributed by atoms with E-state index in [0.717, 1.165) is 4.90 Å². The van der Waals surface area contributed by atoms with Gasteiger partial charge in [0.05, 0.1) is 5.37 Å². The van der Waals surface area contributed by atoms with Crippen molar-refractivity contribution in [1.29, 1.82) is 0 Å². The molecule has 1 aliphatic heterocycles. The lowest BCUT2D eigenvalue weighted by Crippen LogP contribution is -2.51. The van der Waals surface area contributed by atoms with Gasteiger partial charge in [-0.05, 0) is 6.42 Å². The van der Waals surface area contributed by atoms with E-state index in [1.54, 1.807) is 5.32 Å². The van der Waals surface area contributed by atoms with E-state index in [1.807, 2.05) is 6.92 Å². The number of carbonyl (C=O) groups is 2. The van der Waals surface area contributed by atoms with E-state index in [1.165, 1.54) is 11.8 Å². The number of urea groups is 1. The van der Waals surface area contributed by atoms with Crippen LogP contribution in [0, 0.1) is 0 Å². The Kier molecular flexibility index (Phi) is 5.33. The van der Waals surface area contributed by atoms with Gasteiger partial charge in [0.2, 0.25) is 0 Å². The molecule has 110 valence electrons. The fourth-order valence-corrected chi connectivity index (χ4v) is 3.28. The third-order valence-electron chi connectivity index (χ3n) is 2.59. The SMILES string of the molecule is CCCC1SCC(C(=O)O)N1C(=O)NCC(F)(F)F. The second-order valence-corrected chi connectivity index (χ2v) is 5.32. The van der Waals surface area contributed by atoms with E-state index in [2.05, 4.69) is 0 Å². The van der Waals surface area contributed by atoms with E-state index in [0.29, 0.717) is 12.8 Å². The Morgan fingerprint density at radius 3 is 2.58 bits per heavy atom. The highest BCUT2D eigenvalue weighted by Crippen LogP contribution is 2.32. The van der Waals surface area contributed by atoms with E-state index in [-0.39, 0.29) is 11.1 Å². The molecule has 0 bridgehead atoms. The summed E-state index contributed by atoms with van der Waals surface area (Å²) < 4.78 is 36.1. The van der Waals surface area contributed by atoms with Crippen molar-refractivity contribution in [2.75, 3.05) is 12.3 Å². The first-order valence-electron chi connectivity index (χ1n) is 5.73. The number of carboxylic acids is 1. The summed E-state index contributed by atoms with van der Waals surface area (Å²) in [6.07, 6.45) is -3.25. The molecule has 0 aromatic rings. The molecule has 1 saturated heterocycles. The summed E-state index contributed by atoms with van der Waals surface area (Å²) in [6, 6.07) is -2.05. The molecular formula is C10H15F3N2O3S. The van der Waals surface area contributed by atoms with Gasteiger partial charge in [-0.3, -0.25) is 4.90 Å². The monoisotopic (exact) mass is 300 g/mol. The zero-order chi connectivity index (χ0) is 14.6. The van der Waals surface area contributed by atoms with Crippen molar-refractivity contribution < 1.29 is 27.9 Å². The summed E-state index contributed by atoms with van der Waals surface area (Å²) in [5.41, 5.74) is 0. The zero-order valence-corrected chi connectivity index (χ0v) is 11.1. The lowest BCUT2D eigenvalue weighted by atomic mass is 10.2. The van der Waals surface area contributed by atoms with Gasteiger partial charge in [-0.15, -0.1) is 11.8 Å². The van der Waals surface area contributed by atoms with Gasteiger partial charge in [-0.25, -0.2) is 9.59 Å². The zero-order valence-electron chi connectivity index (χ0n) is 10.2. The second-order valence-electron chi connectivity index (χ2n) is 4.11. The summed E-state index contributed by atoms with van der Waals surface area (Å²) >= 11 is 1.28. The fraction of sp³-hybridized carbons (Fsp3) is 0.800. The quantitative estimate of drug-likeness (QED) is 0.832. The van der Waals surface area contributed by atoms with Gasteiger partial charge < -0.3 is 10.4 Å². The second kappa shape index (κ2) is 6.36. The van der Waals surface area contributed by atoms with Gasteiger partial charge in [0, 0.05) is 5.75 Å². The molecule has 19 heavy (non-hydrogen) atoms. The van der Waals surface area contributed by atoms with E-state index in [4.69, 9.17) is 5.11 Å². The molecule has 5 nitrogen and oxygen atoms in total. The van der Waals surface area contributed by atoms with Gasteiger partial charge in [-0.1, -0.05) is 13.3 Å². The Hall–Kier alpha value is -1.12. The van der Waals surface area contributed by atoms with Crippen LogP contribution in [0.5, 0.6) is 0 Å². The molecule has 0 aromatic heterocycles. The fourth-order valence-electron chi connectivity index (χ4n) is 1.76. The number of alkyl halides is 3. The molecule has 2 unspecified atom stereocenters. The number of nitrogens with one attached hydrogen (secondary N) is 1. The number of hydrogen-bond acceptors (Lipinski definition) is 3. The highest BCUT2D eigenvalue weighted by atomic mass is 32.2. The first kappa shape index (κ1) is 15.9. The van der Waals surface area contributed by atoms with Crippen LogP contribution < -0.4 is 5.32 Å². The molecular weight excluding hydrogens is 285 g/mol. The molecule has 0 saturated carbocycles.